The van der Waals surface area contributed by atoms with Crippen molar-refractivity contribution in [2.75, 3.05) is 32.9 Å². The summed E-state index contributed by atoms with van der Waals surface area (Å²) in [5.41, 5.74) is 1.12. The van der Waals surface area contributed by atoms with E-state index in [9.17, 15) is 10.2 Å². The number of likely N-dealkylation sites (tertiary alicyclic amines) is 1. The first-order valence-electron chi connectivity index (χ1n) is 9.55. The Bertz CT molecular complexity index is 693. The number of ether oxygens (including phenoxy) is 2. The Hall–Kier alpha value is -2.09. The van der Waals surface area contributed by atoms with Crippen LogP contribution in [0.15, 0.2) is 36.9 Å². The van der Waals surface area contributed by atoms with Crippen LogP contribution in [0.5, 0.6) is 11.5 Å². The van der Waals surface area contributed by atoms with Gasteiger partial charge in [-0.2, -0.15) is 0 Å². The van der Waals surface area contributed by atoms with E-state index in [1.165, 1.54) is 0 Å². The van der Waals surface area contributed by atoms with Crippen LogP contribution in [0.1, 0.15) is 18.9 Å². The first-order valence-corrected chi connectivity index (χ1v) is 9.55. The predicted molar refractivity (Wildman–Crippen MR) is 102 cm³/mol. The van der Waals surface area contributed by atoms with Crippen LogP contribution in [0, 0.1) is 5.92 Å². The summed E-state index contributed by atoms with van der Waals surface area (Å²) in [6.45, 7) is 6.04. The molecule has 0 spiro atoms. The number of aliphatic hydroxyl groups is 2. The maximum Gasteiger partial charge on any atom is 0.161 e. The van der Waals surface area contributed by atoms with Gasteiger partial charge in [0, 0.05) is 38.0 Å². The normalized spacial score (nSPS) is 20.6. The van der Waals surface area contributed by atoms with Crippen LogP contribution < -0.4 is 9.47 Å². The first-order chi connectivity index (χ1) is 13.2. The maximum atomic E-state index is 10.1. The summed E-state index contributed by atoms with van der Waals surface area (Å²) in [5, 5.41) is 19.4. The summed E-state index contributed by atoms with van der Waals surface area (Å²) in [4.78, 5) is 6.23. The Labute approximate surface area is 160 Å². The first kappa shape index (κ1) is 19.7. The van der Waals surface area contributed by atoms with Crippen molar-refractivity contribution >= 4 is 0 Å². The van der Waals surface area contributed by atoms with Gasteiger partial charge in [0.15, 0.2) is 11.5 Å². The minimum atomic E-state index is -0.471. The number of rotatable bonds is 9. The quantitative estimate of drug-likeness (QED) is 0.692. The highest BCUT2D eigenvalue weighted by Gasteiger charge is 2.27. The van der Waals surface area contributed by atoms with Crippen LogP contribution >= 0.6 is 0 Å². The standard InChI is InChI=1S/C20H29N3O4/c1-2-26-20-11-16(12-23-7-5-17(14-24)18(25)13-23)3-4-19(20)27-10-9-22-8-6-21-15-22/h3-4,6,8,11,15,17-18,24-25H,2,5,7,9-10,12-14H2,1H3/t17-,18-/m1/s1. The minimum Gasteiger partial charge on any atom is -0.490 e. The number of aromatic nitrogens is 2. The molecule has 0 aliphatic carbocycles. The molecular formula is C20H29N3O4. The van der Waals surface area contributed by atoms with Gasteiger partial charge in [-0.25, -0.2) is 4.98 Å². The topological polar surface area (TPSA) is 80.0 Å². The number of benzene rings is 1. The number of hydrogen-bond donors (Lipinski definition) is 2. The second-order valence-corrected chi connectivity index (χ2v) is 6.90. The zero-order chi connectivity index (χ0) is 19.1. The molecule has 0 bridgehead atoms. The SMILES string of the molecule is CCOc1cc(CN2CC[C@H](CO)[C@H](O)C2)ccc1OCCn1ccnc1. The monoisotopic (exact) mass is 375 g/mol. The molecule has 0 radical (unpaired) electrons. The second kappa shape index (κ2) is 9.73. The molecule has 1 fully saturated rings. The van der Waals surface area contributed by atoms with E-state index in [-0.39, 0.29) is 12.5 Å². The number of β-amino-alcohol motifs (C(OH)–C–C–N with tert-alkyl or cyclic N) is 1. The second-order valence-electron chi connectivity index (χ2n) is 6.90. The highest BCUT2D eigenvalue weighted by molar-refractivity contribution is 5.43. The van der Waals surface area contributed by atoms with Crippen molar-refractivity contribution in [1.29, 1.82) is 0 Å². The maximum absolute atomic E-state index is 10.1. The molecule has 3 rings (SSSR count). The number of hydrogen-bond acceptors (Lipinski definition) is 6. The Balaban J connectivity index is 1.59. The van der Waals surface area contributed by atoms with E-state index in [2.05, 4.69) is 9.88 Å². The van der Waals surface area contributed by atoms with Gasteiger partial charge in [-0.15, -0.1) is 0 Å². The molecule has 1 aromatic heterocycles. The van der Waals surface area contributed by atoms with Gasteiger partial charge in [-0.3, -0.25) is 4.90 Å². The average molecular weight is 375 g/mol. The number of piperidine rings is 1. The Morgan fingerprint density at radius 2 is 2.15 bits per heavy atom. The fourth-order valence-corrected chi connectivity index (χ4v) is 3.38. The zero-order valence-corrected chi connectivity index (χ0v) is 15.8. The molecule has 1 aliphatic heterocycles. The van der Waals surface area contributed by atoms with E-state index in [4.69, 9.17) is 9.47 Å². The molecule has 1 aromatic carbocycles. The van der Waals surface area contributed by atoms with E-state index in [1.807, 2.05) is 35.9 Å². The smallest absolute Gasteiger partial charge is 0.161 e. The van der Waals surface area contributed by atoms with Crippen molar-refractivity contribution in [1.82, 2.24) is 14.5 Å². The Morgan fingerprint density at radius 3 is 2.85 bits per heavy atom. The van der Waals surface area contributed by atoms with Gasteiger partial charge < -0.3 is 24.3 Å². The van der Waals surface area contributed by atoms with Crippen molar-refractivity contribution in [3.63, 3.8) is 0 Å². The van der Waals surface area contributed by atoms with Crippen molar-refractivity contribution in [2.24, 2.45) is 5.92 Å². The predicted octanol–water partition coefficient (Wildman–Crippen LogP) is 1.54. The molecule has 2 N–H and O–H groups in total. The zero-order valence-electron chi connectivity index (χ0n) is 15.8. The van der Waals surface area contributed by atoms with E-state index in [1.54, 1.807) is 12.5 Å². The summed E-state index contributed by atoms with van der Waals surface area (Å²) in [6.07, 6.45) is 5.77. The molecule has 7 heteroatoms. The lowest BCUT2D eigenvalue weighted by atomic mass is 9.94. The van der Waals surface area contributed by atoms with E-state index in [0.717, 1.165) is 43.1 Å². The third kappa shape index (κ3) is 5.45. The van der Waals surface area contributed by atoms with Crippen molar-refractivity contribution in [3.8, 4) is 11.5 Å². The molecule has 1 saturated heterocycles. The van der Waals surface area contributed by atoms with Crippen LogP contribution in [0.4, 0.5) is 0 Å². The molecule has 27 heavy (non-hydrogen) atoms. The minimum absolute atomic E-state index is 0.00786. The average Bonchev–Trinajstić information content (AvgIpc) is 3.17. The number of nitrogens with zero attached hydrogens (tertiary/aromatic N) is 3. The van der Waals surface area contributed by atoms with Crippen molar-refractivity contribution in [2.45, 2.75) is 32.5 Å². The van der Waals surface area contributed by atoms with Crippen LogP contribution in [0.25, 0.3) is 0 Å². The molecule has 0 unspecified atom stereocenters. The molecule has 2 aromatic rings. The lowest BCUT2D eigenvalue weighted by Crippen LogP contribution is -2.44. The van der Waals surface area contributed by atoms with Crippen LogP contribution in [-0.4, -0.2) is 63.7 Å². The van der Waals surface area contributed by atoms with Gasteiger partial charge >= 0.3 is 0 Å². The lowest BCUT2D eigenvalue weighted by molar-refractivity contribution is -0.00445. The fourth-order valence-electron chi connectivity index (χ4n) is 3.38. The van der Waals surface area contributed by atoms with E-state index >= 15 is 0 Å². The van der Waals surface area contributed by atoms with Gasteiger partial charge in [0.1, 0.15) is 6.61 Å². The Morgan fingerprint density at radius 1 is 1.26 bits per heavy atom. The highest BCUT2D eigenvalue weighted by Crippen LogP contribution is 2.30. The van der Waals surface area contributed by atoms with Gasteiger partial charge in [-0.05, 0) is 37.6 Å². The van der Waals surface area contributed by atoms with Gasteiger partial charge in [-0.1, -0.05) is 6.07 Å². The summed E-state index contributed by atoms with van der Waals surface area (Å²) >= 11 is 0. The summed E-state index contributed by atoms with van der Waals surface area (Å²) in [6, 6.07) is 6.01. The molecule has 7 nitrogen and oxygen atoms in total. The summed E-state index contributed by atoms with van der Waals surface area (Å²) < 4.78 is 13.6. The third-order valence-corrected chi connectivity index (χ3v) is 4.92. The third-order valence-electron chi connectivity index (χ3n) is 4.92. The fraction of sp³-hybridized carbons (Fsp3) is 0.550. The Kier molecular flexibility index (Phi) is 7.09. The van der Waals surface area contributed by atoms with Gasteiger partial charge in [0.2, 0.25) is 0 Å². The molecule has 1 aliphatic rings. The molecule has 2 heterocycles. The van der Waals surface area contributed by atoms with Crippen molar-refractivity contribution in [3.05, 3.63) is 42.5 Å². The van der Waals surface area contributed by atoms with Gasteiger partial charge in [0.25, 0.3) is 0 Å². The largest absolute Gasteiger partial charge is 0.490 e. The highest BCUT2D eigenvalue weighted by atomic mass is 16.5. The molecular weight excluding hydrogens is 346 g/mol. The van der Waals surface area contributed by atoms with Gasteiger partial charge in [0.05, 0.1) is 25.6 Å². The summed E-state index contributed by atoms with van der Waals surface area (Å²) in [5.74, 6) is 1.47. The molecule has 148 valence electrons. The summed E-state index contributed by atoms with van der Waals surface area (Å²) in [7, 11) is 0. The molecule has 0 saturated carbocycles. The molecule has 2 atom stereocenters. The molecule has 0 amide bonds. The van der Waals surface area contributed by atoms with Crippen LogP contribution in [0.2, 0.25) is 0 Å². The van der Waals surface area contributed by atoms with Crippen molar-refractivity contribution < 1.29 is 19.7 Å². The number of imidazole rings is 1. The van der Waals surface area contributed by atoms with E-state index in [0.29, 0.717) is 19.8 Å². The van der Waals surface area contributed by atoms with E-state index < -0.39 is 6.10 Å². The lowest BCUT2D eigenvalue weighted by Gasteiger charge is -2.35. The number of aliphatic hydroxyl groups excluding tert-OH is 2. The van der Waals surface area contributed by atoms with Crippen LogP contribution in [0.3, 0.4) is 0 Å². The van der Waals surface area contributed by atoms with Crippen LogP contribution in [-0.2, 0) is 13.1 Å².